The second kappa shape index (κ2) is 5.63. The Morgan fingerprint density at radius 2 is 1.80 bits per heavy atom. The lowest BCUT2D eigenvalue weighted by Gasteiger charge is -2.24. The van der Waals surface area contributed by atoms with Gasteiger partial charge in [0.15, 0.2) is 0 Å². The van der Waals surface area contributed by atoms with Gasteiger partial charge in [0.05, 0.1) is 0 Å². The van der Waals surface area contributed by atoms with E-state index in [1.807, 2.05) is 0 Å². The lowest BCUT2D eigenvalue weighted by molar-refractivity contribution is -0.159. The molecule has 0 spiro atoms. The van der Waals surface area contributed by atoms with Gasteiger partial charge in [-0.15, -0.1) is 0 Å². The van der Waals surface area contributed by atoms with Gasteiger partial charge in [0.2, 0.25) is 0 Å². The van der Waals surface area contributed by atoms with Crippen molar-refractivity contribution < 1.29 is 29.5 Å². The van der Waals surface area contributed by atoms with Crippen LogP contribution in [-0.4, -0.2) is 31.8 Å². The lowest BCUT2D eigenvalue weighted by atomic mass is 10.3. The summed E-state index contributed by atoms with van der Waals surface area (Å²) in [7, 11) is 0. The zero-order valence-corrected chi connectivity index (χ0v) is 9.20. The topological polar surface area (TPSA) is 108 Å². The van der Waals surface area contributed by atoms with Gasteiger partial charge in [-0.25, -0.2) is 9.59 Å². The number of hydrogen-bond acceptors (Lipinski definition) is 7. The average molecular weight is 240 g/mol. The van der Waals surface area contributed by atoms with Gasteiger partial charge in [-0.2, -0.15) is 0 Å². The Labute approximate surface area is 90.1 Å². The number of nitrogens with one attached hydrogen (secondary N) is 1. The number of carbonyl (C=O) groups is 2. The van der Waals surface area contributed by atoms with E-state index in [4.69, 9.17) is 10.2 Å². The number of nitrogens with zero attached hydrogens (tertiary/aromatic N) is 1. The minimum atomic E-state index is -1.61. The summed E-state index contributed by atoms with van der Waals surface area (Å²) in [5.74, 6) is 0. The third-order valence-corrected chi connectivity index (χ3v) is 1.59. The third-order valence-electron chi connectivity index (χ3n) is 0.725. The van der Waals surface area contributed by atoms with Crippen LogP contribution >= 0.6 is 11.9 Å². The van der Waals surface area contributed by atoms with Gasteiger partial charge in [0.25, 0.3) is 0 Å². The summed E-state index contributed by atoms with van der Waals surface area (Å²) in [5, 5.41) is 16.5. The maximum atomic E-state index is 10.2. The largest absolute Gasteiger partial charge is 0.527 e. The van der Waals surface area contributed by atoms with Gasteiger partial charge in [-0.1, -0.05) is 0 Å². The predicted octanol–water partition coefficient (Wildman–Crippen LogP) is 1.46. The molecule has 0 fully saturated rings. The monoisotopic (exact) mass is 240 g/mol. The van der Waals surface area contributed by atoms with Crippen molar-refractivity contribution in [2.24, 2.45) is 0 Å². The maximum Gasteiger partial charge on any atom is 0.527 e. The molecule has 0 aliphatic carbocycles. The molecule has 0 saturated carbocycles. The highest BCUT2D eigenvalue weighted by atomic mass is 32.2. The fourth-order valence-corrected chi connectivity index (χ4v) is 1.12. The molecule has 88 valence electrons. The Kier molecular flexibility index (Phi) is 5.19. The quantitative estimate of drug-likeness (QED) is 0.497. The summed E-state index contributed by atoms with van der Waals surface area (Å²) >= 11 is 0.903. The fourth-order valence-electron chi connectivity index (χ4n) is 0.452. The minimum Gasteiger partial charge on any atom is -0.448 e. The van der Waals surface area contributed by atoms with E-state index in [1.54, 1.807) is 26.4 Å². The Morgan fingerprint density at radius 1 is 1.27 bits per heavy atom. The summed E-state index contributed by atoms with van der Waals surface area (Å²) in [5.41, 5.74) is 1.80. The molecule has 0 aromatic carbocycles. The molecular weight excluding hydrogens is 228 g/mol. The van der Waals surface area contributed by atoms with Gasteiger partial charge in [-0.05, 0) is 38.3 Å². The van der Waals surface area contributed by atoms with Gasteiger partial charge in [0.1, 0.15) is 0 Å². The van der Waals surface area contributed by atoms with Crippen molar-refractivity contribution in [1.82, 2.24) is 10.2 Å². The van der Waals surface area contributed by atoms with E-state index in [0.717, 1.165) is 11.9 Å². The Morgan fingerprint density at radius 3 is 2.13 bits per heavy atom. The zero-order chi connectivity index (χ0) is 12.1. The molecule has 0 aromatic heterocycles. The van der Waals surface area contributed by atoms with E-state index >= 15 is 0 Å². The molecule has 0 amide bonds. The van der Waals surface area contributed by atoms with E-state index < -0.39 is 12.3 Å². The van der Waals surface area contributed by atoms with Gasteiger partial charge < -0.3 is 19.9 Å². The molecule has 0 bridgehead atoms. The molecule has 15 heavy (non-hydrogen) atoms. The van der Waals surface area contributed by atoms with Crippen molar-refractivity contribution in [3.63, 3.8) is 0 Å². The first-order valence-corrected chi connectivity index (χ1v) is 4.53. The second-order valence-corrected chi connectivity index (χ2v) is 5.02. The Hall–Kier alpha value is -1.19. The highest BCUT2D eigenvalue weighted by Crippen LogP contribution is 2.25. The standard InChI is InChI=1S/C6H12N2O6S/c1-6(2,3)15-8(14-5(11)12)7-13-4(9)10/h7H,1-3H3,(H,9,10)(H,11,12). The number of rotatable bonds is 4. The van der Waals surface area contributed by atoms with Crippen LogP contribution in [0.3, 0.4) is 0 Å². The highest BCUT2D eigenvalue weighted by molar-refractivity contribution is 7.98. The van der Waals surface area contributed by atoms with Crippen molar-refractivity contribution in [2.75, 3.05) is 0 Å². The molecule has 0 atom stereocenters. The Balaban J connectivity index is 4.18. The maximum absolute atomic E-state index is 10.2. The first-order chi connectivity index (χ1) is 6.70. The van der Waals surface area contributed by atoms with E-state index in [1.165, 1.54) is 0 Å². The molecule has 0 saturated heterocycles. The van der Waals surface area contributed by atoms with Gasteiger partial charge >= 0.3 is 12.3 Å². The molecule has 0 aliphatic heterocycles. The van der Waals surface area contributed by atoms with Crippen LogP contribution in [0.4, 0.5) is 9.59 Å². The van der Waals surface area contributed by atoms with Crippen molar-refractivity contribution in [2.45, 2.75) is 25.5 Å². The Bertz CT molecular complexity index is 240. The lowest BCUT2D eigenvalue weighted by Crippen LogP contribution is -2.38. The number of carboxylic acid groups (broad SMARTS) is 2. The molecular formula is C6H12N2O6S. The van der Waals surface area contributed by atoms with E-state index in [2.05, 4.69) is 9.68 Å². The molecule has 0 radical (unpaired) electrons. The third kappa shape index (κ3) is 9.12. The average Bonchev–Trinajstić information content (AvgIpc) is 1.95. The van der Waals surface area contributed by atoms with Crippen LogP contribution in [0.15, 0.2) is 0 Å². The van der Waals surface area contributed by atoms with Gasteiger partial charge in [0, 0.05) is 9.32 Å². The van der Waals surface area contributed by atoms with Crippen LogP contribution in [0, 0.1) is 0 Å². The molecule has 0 heterocycles. The first-order valence-electron chi connectivity index (χ1n) is 3.76. The fraction of sp³-hybridized carbons (Fsp3) is 0.667. The second-order valence-electron chi connectivity index (χ2n) is 3.28. The smallest absolute Gasteiger partial charge is 0.448 e. The molecule has 0 unspecified atom stereocenters. The number of hydrogen-bond donors (Lipinski definition) is 3. The molecule has 0 rings (SSSR count). The van der Waals surface area contributed by atoms with Gasteiger partial charge in [-0.3, -0.25) is 0 Å². The van der Waals surface area contributed by atoms with Crippen molar-refractivity contribution in [1.29, 1.82) is 0 Å². The van der Waals surface area contributed by atoms with Crippen LogP contribution in [0.1, 0.15) is 20.8 Å². The van der Waals surface area contributed by atoms with E-state index in [9.17, 15) is 9.59 Å². The minimum absolute atomic E-state index is 0.385. The molecule has 3 N–H and O–H groups in total. The van der Waals surface area contributed by atoms with E-state index in [-0.39, 0.29) is 4.75 Å². The SMILES string of the molecule is CC(C)(C)SN(NOC(=O)O)OC(=O)O. The summed E-state index contributed by atoms with van der Waals surface area (Å²) in [6.07, 6.45) is -3.20. The van der Waals surface area contributed by atoms with Crippen LogP contribution in [0.25, 0.3) is 0 Å². The van der Waals surface area contributed by atoms with Crippen LogP contribution in [0.5, 0.6) is 0 Å². The first kappa shape index (κ1) is 13.8. The summed E-state index contributed by atoms with van der Waals surface area (Å²) < 4.78 is 0.209. The molecule has 9 heteroatoms. The van der Waals surface area contributed by atoms with Crippen LogP contribution in [-0.2, 0) is 9.68 Å². The van der Waals surface area contributed by atoms with Crippen LogP contribution in [0.2, 0.25) is 0 Å². The summed E-state index contributed by atoms with van der Waals surface area (Å²) in [6.45, 7) is 5.33. The normalized spacial score (nSPS) is 11.2. The molecule has 0 aliphatic rings. The molecule has 0 aromatic rings. The van der Waals surface area contributed by atoms with Crippen molar-refractivity contribution in [3.05, 3.63) is 0 Å². The number of hydrazine groups is 1. The molecule has 8 nitrogen and oxygen atoms in total. The zero-order valence-electron chi connectivity index (χ0n) is 8.38. The van der Waals surface area contributed by atoms with Crippen molar-refractivity contribution in [3.8, 4) is 0 Å². The summed E-state index contributed by atoms with van der Waals surface area (Å²) in [4.78, 5) is 28.4. The summed E-state index contributed by atoms with van der Waals surface area (Å²) in [6, 6.07) is 0. The highest BCUT2D eigenvalue weighted by Gasteiger charge is 2.22. The predicted molar refractivity (Wildman–Crippen MR) is 50.5 cm³/mol. The van der Waals surface area contributed by atoms with Crippen molar-refractivity contribution >= 4 is 24.3 Å². The van der Waals surface area contributed by atoms with Crippen LogP contribution < -0.4 is 5.59 Å². The van der Waals surface area contributed by atoms with E-state index in [0.29, 0.717) is 4.58 Å².